The minimum absolute atomic E-state index is 0.0370. The molecule has 2 aliphatic rings. The van der Waals surface area contributed by atoms with Crippen molar-refractivity contribution in [3.05, 3.63) is 60.6 Å². The Hall–Kier alpha value is -1.63. The van der Waals surface area contributed by atoms with Gasteiger partial charge in [-0.2, -0.15) is 0 Å². The van der Waals surface area contributed by atoms with Crippen LogP contribution in [0.4, 0.5) is 5.13 Å². The Balaban J connectivity index is 1.69. The fourth-order valence-corrected chi connectivity index (χ4v) is 4.21. The molecule has 1 aromatic heterocycles. The summed E-state index contributed by atoms with van der Waals surface area (Å²) in [6, 6.07) is 0. The summed E-state index contributed by atoms with van der Waals surface area (Å²) in [6.07, 6.45) is 9.61. The van der Waals surface area contributed by atoms with Crippen LogP contribution in [0, 0.1) is 0 Å². The first-order valence-electron chi connectivity index (χ1n) is 6.22. The van der Waals surface area contributed by atoms with Crippen molar-refractivity contribution in [1.29, 1.82) is 0 Å². The Kier molecular flexibility index (Phi) is 4.38. The average Bonchev–Trinajstić information content (AvgIpc) is 3.19. The van der Waals surface area contributed by atoms with Crippen molar-refractivity contribution >= 4 is 22.4 Å². The van der Waals surface area contributed by atoms with Crippen molar-refractivity contribution in [3.8, 4) is 0 Å². The summed E-state index contributed by atoms with van der Waals surface area (Å²) < 4.78 is 8.03. The average molecular weight is 411 g/mol. The molecule has 6 heteroatoms. The molecule has 1 atom stereocenters. The monoisotopic (exact) mass is 411 g/mol. The maximum atomic E-state index is 12.0. The van der Waals surface area contributed by atoms with E-state index in [-0.39, 0.29) is 33.0 Å². The van der Waals surface area contributed by atoms with Gasteiger partial charge in [-0.15, -0.1) is 0 Å². The van der Waals surface area contributed by atoms with E-state index in [4.69, 9.17) is 4.74 Å². The van der Waals surface area contributed by atoms with Crippen LogP contribution in [0.5, 0.6) is 0 Å². The molecule has 0 spiro atoms. The van der Waals surface area contributed by atoms with Crippen LogP contribution >= 0.6 is 11.3 Å². The van der Waals surface area contributed by atoms with E-state index < -0.39 is 0 Å². The van der Waals surface area contributed by atoms with Crippen molar-refractivity contribution in [3.63, 3.8) is 0 Å². The Morgan fingerprint density at radius 1 is 1.57 bits per heavy atom. The van der Waals surface area contributed by atoms with Crippen LogP contribution in [0.2, 0.25) is 0 Å². The first-order chi connectivity index (χ1) is 10.3. The van der Waals surface area contributed by atoms with E-state index in [1.807, 2.05) is 35.8 Å². The molecule has 108 valence electrons. The fraction of sp³-hybridized carbons (Fsp3) is 0.133. The molecule has 1 amide bonds. The summed E-state index contributed by atoms with van der Waals surface area (Å²) in [5, 5.41) is 5.45. The van der Waals surface area contributed by atoms with Gasteiger partial charge in [0.25, 0.3) is 0 Å². The first kappa shape index (κ1) is 14.3. The predicted octanol–water partition coefficient (Wildman–Crippen LogP) is -0.0794. The summed E-state index contributed by atoms with van der Waals surface area (Å²) in [4.78, 5) is 16.5. The number of nitrogens with one attached hydrogen (secondary N) is 1. The number of ether oxygens (including phenoxy) is 1. The van der Waals surface area contributed by atoms with E-state index in [0.717, 1.165) is 9.27 Å². The SMILES string of the molecule is COC1=C=CC(c2csc(NC(=O)C3=CC=C[I-]3)n2)C=C1. The number of thiazole rings is 1. The Morgan fingerprint density at radius 3 is 3.14 bits per heavy atom. The third kappa shape index (κ3) is 3.34. The van der Waals surface area contributed by atoms with Crippen LogP contribution in [0.15, 0.2) is 54.9 Å². The minimum atomic E-state index is -0.274. The number of allylic oxidation sites excluding steroid dienone is 4. The van der Waals surface area contributed by atoms with Crippen molar-refractivity contribution in [1.82, 2.24) is 4.98 Å². The number of rotatable bonds is 4. The number of carbonyl (C=O) groups excluding carboxylic acids is 1. The van der Waals surface area contributed by atoms with Crippen LogP contribution in [-0.4, -0.2) is 18.0 Å². The second-order valence-corrected chi connectivity index (χ2v) is 7.60. The Morgan fingerprint density at radius 2 is 2.48 bits per heavy atom. The number of halogens is 1. The van der Waals surface area contributed by atoms with Gasteiger partial charge < -0.3 is 0 Å². The number of amides is 1. The fourth-order valence-electron chi connectivity index (χ4n) is 1.82. The number of carbonyl (C=O) groups is 1. The van der Waals surface area contributed by atoms with Gasteiger partial charge in [-0.25, -0.2) is 0 Å². The molecule has 0 saturated carbocycles. The number of methoxy groups -OCH3 is 1. The van der Waals surface area contributed by atoms with E-state index in [1.165, 1.54) is 11.3 Å². The molecule has 0 bridgehead atoms. The summed E-state index contributed by atoms with van der Waals surface area (Å²) in [5.74, 6) is 0.746. The molecular weight excluding hydrogens is 399 g/mol. The van der Waals surface area contributed by atoms with E-state index >= 15 is 0 Å². The summed E-state index contributed by atoms with van der Waals surface area (Å²) in [6.45, 7) is 0. The zero-order valence-electron chi connectivity index (χ0n) is 11.2. The molecule has 1 aliphatic carbocycles. The van der Waals surface area contributed by atoms with Gasteiger partial charge in [0.05, 0.1) is 0 Å². The predicted molar refractivity (Wildman–Crippen MR) is 78.5 cm³/mol. The van der Waals surface area contributed by atoms with Crippen LogP contribution in [0.3, 0.4) is 0 Å². The molecule has 0 radical (unpaired) electrons. The molecule has 1 aliphatic heterocycles. The van der Waals surface area contributed by atoms with Gasteiger partial charge >= 0.3 is 137 Å². The molecule has 2 heterocycles. The van der Waals surface area contributed by atoms with Gasteiger partial charge in [0.15, 0.2) is 0 Å². The second-order valence-electron chi connectivity index (χ2n) is 4.24. The van der Waals surface area contributed by atoms with E-state index in [0.29, 0.717) is 10.9 Å². The summed E-state index contributed by atoms with van der Waals surface area (Å²) in [7, 11) is 1.62. The number of aromatic nitrogens is 1. The third-order valence-electron chi connectivity index (χ3n) is 2.88. The van der Waals surface area contributed by atoms with Crippen molar-refractivity contribution in [2.75, 3.05) is 12.4 Å². The number of anilines is 1. The standard InChI is InChI=1S/C15H12IN2O2S/c1-20-11-6-4-10(5-7-11)13-9-21-15(17-13)18-14(19)12-3-2-8-16-12/h2-6,8-10H,1H3,(H,17,18,19)/q-1. The maximum absolute atomic E-state index is 12.0. The summed E-state index contributed by atoms with van der Waals surface area (Å²) >= 11 is 1.16. The van der Waals surface area contributed by atoms with Crippen LogP contribution in [0.1, 0.15) is 11.6 Å². The van der Waals surface area contributed by atoms with Gasteiger partial charge in [-0.1, -0.05) is 0 Å². The topological polar surface area (TPSA) is 51.2 Å². The Bertz CT molecular complexity index is 724. The van der Waals surface area contributed by atoms with Gasteiger partial charge in [0.2, 0.25) is 0 Å². The van der Waals surface area contributed by atoms with Crippen molar-refractivity contribution in [2.24, 2.45) is 0 Å². The molecule has 3 rings (SSSR count). The van der Waals surface area contributed by atoms with Crippen molar-refractivity contribution < 1.29 is 30.7 Å². The van der Waals surface area contributed by atoms with E-state index in [9.17, 15) is 4.79 Å². The summed E-state index contributed by atoms with van der Waals surface area (Å²) in [5.41, 5.74) is 3.96. The van der Waals surface area contributed by atoms with Gasteiger partial charge in [-0.3, -0.25) is 0 Å². The molecule has 0 saturated heterocycles. The molecule has 1 aromatic rings. The molecular formula is C15H12IN2O2S-. The zero-order chi connectivity index (χ0) is 14.7. The number of hydrogen-bond acceptors (Lipinski definition) is 4. The van der Waals surface area contributed by atoms with Crippen molar-refractivity contribution in [2.45, 2.75) is 5.92 Å². The normalized spacial score (nSPS) is 19.8. The van der Waals surface area contributed by atoms with Crippen LogP contribution in [-0.2, 0) is 9.53 Å². The third-order valence-corrected chi connectivity index (χ3v) is 5.95. The molecule has 21 heavy (non-hydrogen) atoms. The quantitative estimate of drug-likeness (QED) is 0.557. The van der Waals surface area contributed by atoms with E-state index in [2.05, 4.69) is 20.1 Å². The zero-order valence-corrected chi connectivity index (χ0v) is 14.1. The van der Waals surface area contributed by atoms with E-state index in [1.54, 1.807) is 7.11 Å². The number of hydrogen-bond donors (Lipinski definition) is 1. The molecule has 1 unspecified atom stereocenters. The Labute approximate surface area is 136 Å². The first-order valence-corrected chi connectivity index (χ1v) is 9.42. The van der Waals surface area contributed by atoms with Gasteiger partial charge in [-0.05, 0) is 0 Å². The van der Waals surface area contributed by atoms with Gasteiger partial charge in [0, 0.05) is 0 Å². The van der Waals surface area contributed by atoms with Crippen LogP contribution in [0.25, 0.3) is 0 Å². The van der Waals surface area contributed by atoms with Gasteiger partial charge in [0.1, 0.15) is 0 Å². The molecule has 4 nitrogen and oxygen atoms in total. The molecule has 0 aromatic carbocycles. The molecule has 1 N–H and O–H groups in total. The number of nitrogens with zero attached hydrogens (tertiary/aromatic N) is 1. The second kappa shape index (κ2) is 6.43. The van der Waals surface area contributed by atoms with Crippen LogP contribution < -0.4 is 26.5 Å². The molecule has 0 fully saturated rings.